The number of halogens is 2. The van der Waals surface area contributed by atoms with E-state index in [1.54, 1.807) is 19.1 Å². The van der Waals surface area contributed by atoms with Gasteiger partial charge < -0.3 is 5.11 Å². The van der Waals surface area contributed by atoms with Gasteiger partial charge in [-0.15, -0.1) is 0 Å². The lowest BCUT2D eigenvalue weighted by molar-refractivity contribution is 0.218. The smallest absolute Gasteiger partial charge is 0.141 e. The maximum Gasteiger partial charge on any atom is 0.141 e. The molecule has 0 saturated heterocycles. The van der Waals surface area contributed by atoms with Gasteiger partial charge in [0, 0.05) is 11.8 Å². The van der Waals surface area contributed by atoms with E-state index in [9.17, 15) is 13.9 Å². The Morgan fingerprint density at radius 2 is 1.88 bits per heavy atom. The first-order valence-corrected chi connectivity index (χ1v) is 5.12. The zero-order valence-corrected chi connectivity index (χ0v) is 9.19. The summed E-state index contributed by atoms with van der Waals surface area (Å²) in [5.74, 6) is -0.931. The first-order valence-electron chi connectivity index (χ1n) is 5.12. The first-order chi connectivity index (χ1) is 8.08. The van der Waals surface area contributed by atoms with Crippen molar-refractivity contribution in [2.45, 2.75) is 13.0 Å². The van der Waals surface area contributed by atoms with Crippen molar-refractivity contribution in [3.8, 4) is 0 Å². The van der Waals surface area contributed by atoms with Gasteiger partial charge in [0.15, 0.2) is 0 Å². The number of aliphatic hydroxyl groups excluding tert-OH is 1. The number of rotatable bonds is 2. The van der Waals surface area contributed by atoms with Crippen molar-refractivity contribution in [2.24, 2.45) is 0 Å². The molecule has 2 nitrogen and oxygen atoms in total. The van der Waals surface area contributed by atoms with Crippen LogP contribution < -0.4 is 0 Å². The number of hydrogen-bond acceptors (Lipinski definition) is 2. The molecule has 1 N–H and O–H groups in total. The Kier molecular flexibility index (Phi) is 3.15. The quantitative estimate of drug-likeness (QED) is 0.868. The van der Waals surface area contributed by atoms with Crippen molar-refractivity contribution in [1.29, 1.82) is 0 Å². The topological polar surface area (TPSA) is 33.1 Å². The summed E-state index contributed by atoms with van der Waals surface area (Å²) < 4.78 is 26.3. The van der Waals surface area contributed by atoms with E-state index in [4.69, 9.17) is 0 Å². The van der Waals surface area contributed by atoms with Gasteiger partial charge in [-0.05, 0) is 30.2 Å². The molecule has 2 rings (SSSR count). The lowest BCUT2D eigenvalue weighted by Gasteiger charge is -2.11. The molecule has 1 aromatic heterocycles. The van der Waals surface area contributed by atoms with Crippen LogP contribution >= 0.6 is 0 Å². The molecule has 0 aliphatic heterocycles. The van der Waals surface area contributed by atoms with Gasteiger partial charge in [0.1, 0.15) is 17.7 Å². The van der Waals surface area contributed by atoms with Crippen LogP contribution in [-0.4, -0.2) is 10.1 Å². The van der Waals surface area contributed by atoms with Crippen molar-refractivity contribution < 1.29 is 13.9 Å². The summed E-state index contributed by atoms with van der Waals surface area (Å²) >= 11 is 0. The summed E-state index contributed by atoms with van der Waals surface area (Å²) in [6.07, 6.45) is 1.32. The molecule has 0 fully saturated rings. The molecule has 88 valence electrons. The zero-order chi connectivity index (χ0) is 12.4. The monoisotopic (exact) mass is 235 g/mol. The summed E-state index contributed by atoms with van der Waals surface area (Å²) in [6.45, 7) is 1.63. The van der Waals surface area contributed by atoms with Crippen LogP contribution in [0.15, 0.2) is 36.7 Å². The largest absolute Gasteiger partial charge is 0.384 e. The second-order valence-corrected chi connectivity index (χ2v) is 3.85. The van der Waals surface area contributed by atoms with Crippen LogP contribution in [0.1, 0.15) is 22.8 Å². The number of aliphatic hydroxyl groups is 1. The molecule has 2 aromatic rings. The number of aryl methyl sites for hydroxylation is 1. The SMILES string of the molecule is Cc1ccc(C(O)c2cncc(F)c2)cc1F. The number of hydrogen-bond donors (Lipinski definition) is 1. The summed E-state index contributed by atoms with van der Waals surface area (Å²) in [7, 11) is 0. The second-order valence-electron chi connectivity index (χ2n) is 3.85. The molecule has 0 aliphatic rings. The third-order valence-electron chi connectivity index (χ3n) is 2.55. The molecular formula is C13H11F2NO. The molecule has 0 amide bonds. The summed E-state index contributed by atoms with van der Waals surface area (Å²) in [5, 5.41) is 9.96. The lowest BCUT2D eigenvalue weighted by atomic mass is 10.0. The molecule has 0 saturated carbocycles. The molecule has 4 heteroatoms. The van der Waals surface area contributed by atoms with E-state index in [0.717, 1.165) is 6.20 Å². The predicted molar refractivity (Wildman–Crippen MR) is 59.4 cm³/mol. The highest BCUT2D eigenvalue weighted by molar-refractivity contribution is 5.31. The molecule has 17 heavy (non-hydrogen) atoms. The maximum atomic E-state index is 13.3. The first kappa shape index (κ1) is 11.7. The molecule has 0 bridgehead atoms. The van der Waals surface area contributed by atoms with E-state index >= 15 is 0 Å². The van der Waals surface area contributed by atoms with E-state index in [1.165, 1.54) is 18.3 Å². The molecule has 0 aliphatic carbocycles. The van der Waals surface area contributed by atoms with Crippen LogP contribution in [0.2, 0.25) is 0 Å². The van der Waals surface area contributed by atoms with Gasteiger partial charge in [-0.3, -0.25) is 4.98 Å². The minimum atomic E-state index is -1.08. The van der Waals surface area contributed by atoms with E-state index in [1.807, 2.05) is 0 Å². The normalized spacial score (nSPS) is 12.5. The van der Waals surface area contributed by atoms with E-state index in [-0.39, 0.29) is 0 Å². The Morgan fingerprint density at radius 3 is 2.53 bits per heavy atom. The Labute approximate surface area is 97.6 Å². The second kappa shape index (κ2) is 4.59. The molecule has 1 heterocycles. The van der Waals surface area contributed by atoms with Crippen LogP contribution in [0.3, 0.4) is 0 Å². The summed E-state index contributed by atoms with van der Waals surface area (Å²) in [4.78, 5) is 3.64. The van der Waals surface area contributed by atoms with E-state index in [2.05, 4.69) is 4.98 Å². The average molecular weight is 235 g/mol. The highest BCUT2D eigenvalue weighted by atomic mass is 19.1. The number of aromatic nitrogens is 1. The fourth-order valence-electron chi connectivity index (χ4n) is 1.55. The minimum absolute atomic E-state index is 0.299. The van der Waals surface area contributed by atoms with E-state index < -0.39 is 17.7 Å². The van der Waals surface area contributed by atoms with Crippen molar-refractivity contribution in [3.05, 3.63) is 65.0 Å². The van der Waals surface area contributed by atoms with Crippen LogP contribution in [0, 0.1) is 18.6 Å². The molecule has 0 spiro atoms. The van der Waals surface area contributed by atoms with Gasteiger partial charge in [-0.1, -0.05) is 12.1 Å². The average Bonchev–Trinajstić information content (AvgIpc) is 2.32. The Bertz CT molecular complexity index is 543. The number of nitrogens with zero attached hydrogens (tertiary/aromatic N) is 1. The zero-order valence-electron chi connectivity index (χ0n) is 9.19. The standard InChI is InChI=1S/C13H11F2NO/c1-8-2-3-9(5-12(8)15)13(17)10-4-11(14)7-16-6-10/h2-7,13,17H,1H3. The lowest BCUT2D eigenvalue weighted by Crippen LogP contribution is -2.02. The third kappa shape index (κ3) is 2.47. The van der Waals surface area contributed by atoms with Gasteiger partial charge in [0.05, 0.1) is 6.20 Å². The van der Waals surface area contributed by atoms with Crippen molar-refractivity contribution in [2.75, 3.05) is 0 Å². The minimum Gasteiger partial charge on any atom is -0.384 e. The van der Waals surface area contributed by atoms with Crippen LogP contribution in [0.25, 0.3) is 0 Å². The van der Waals surface area contributed by atoms with Gasteiger partial charge in [-0.25, -0.2) is 8.78 Å². The molecule has 1 atom stereocenters. The molecule has 0 radical (unpaired) electrons. The Morgan fingerprint density at radius 1 is 1.12 bits per heavy atom. The predicted octanol–water partition coefficient (Wildman–Crippen LogP) is 2.75. The molecular weight excluding hydrogens is 224 g/mol. The third-order valence-corrected chi connectivity index (χ3v) is 2.55. The highest BCUT2D eigenvalue weighted by Crippen LogP contribution is 2.23. The Hall–Kier alpha value is -1.81. The van der Waals surface area contributed by atoms with E-state index in [0.29, 0.717) is 16.7 Å². The summed E-state index contributed by atoms with van der Waals surface area (Å²) in [5.41, 5.74) is 1.17. The van der Waals surface area contributed by atoms with Gasteiger partial charge in [0.25, 0.3) is 0 Å². The van der Waals surface area contributed by atoms with Crippen LogP contribution in [0.5, 0.6) is 0 Å². The van der Waals surface area contributed by atoms with Crippen molar-refractivity contribution in [3.63, 3.8) is 0 Å². The maximum absolute atomic E-state index is 13.3. The molecule has 1 unspecified atom stereocenters. The fraction of sp³-hybridized carbons (Fsp3) is 0.154. The van der Waals surface area contributed by atoms with Crippen molar-refractivity contribution >= 4 is 0 Å². The number of benzene rings is 1. The van der Waals surface area contributed by atoms with Crippen LogP contribution in [0.4, 0.5) is 8.78 Å². The van der Waals surface area contributed by atoms with Crippen LogP contribution in [-0.2, 0) is 0 Å². The summed E-state index contributed by atoms with van der Waals surface area (Å²) in [6, 6.07) is 5.59. The van der Waals surface area contributed by atoms with Crippen molar-refractivity contribution in [1.82, 2.24) is 4.98 Å². The fourth-order valence-corrected chi connectivity index (χ4v) is 1.55. The van der Waals surface area contributed by atoms with Gasteiger partial charge >= 0.3 is 0 Å². The number of pyridine rings is 1. The van der Waals surface area contributed by atoms with Gasteiger partial charge in [-0.2, -0.15) is 0 Å². The van der Waals surface area contributed by atoms with Gasteiger partial charge in [0.2, 0.25) is 0 Å². The molecule has 1 aromatic carbocycles. The Balaban J connectivity index is 2.36. The highest BCUT2D eigenvalue weighted by Gasteiger charge is 2.13.